The van der Waals surface area contributed by atoms with E-state index in [1.165, 1.54) is 12.1 Å². The number of benzene rings is 1. The van der Waals surface area contributed by atoms with Crippen LogP contribution < -0.4 is 4.74 Å². The molecule has 0 bridgehead atoms. The van der Waals surface area contributed by atoms with Crippen molar-refractivity contribution in [2.24, 2.45) is 0 Å². The standard InChI is InChI=1S/C14H15Cl3O4/c1-2-8-20-11(18)4-3-5-12(19)21-14-10(16)7-6-9(15)13(14)17/h6-7H,2-5,8H2,1H3. The Labute approximate surface area is 138 Å². The Hall–Kier alpha value is -0.970. The average Bonchev–Trinajstić information content (AvgIpc) is 2.45. The minimum absolute atomic E-state index is 0.0318. The molecule has 0 saturated heterocycles. The molecule has 0 aliphatic carbocycles. The van der Waals surface area contributed by atoms with Gasteiger partial charge in [0.25, 0.3) is 0 Å². The van der Waals surface area contributed by atoms with E-state index in [4.69, 9.17) is 44.3 Å². The molecule has 0 aliphatic heterocycles. The molecule has 4 nitrogen and oxygen atoms in total. The Kier molecular flexibility index (Phi) is 7.86. The Morgan fingerprint density at radius 3 is 2.33 bits per heavy atom. The third kappa shape index (κ3) is 6.12. The van der Waals surface area contributed by atoms with Gasteiger partial charge in [-0.2, -0.15) is 0 Å². The second-order valence-electron chi connectivity index (χ2n) is 4.22. The van der Waals surface area contributed by atoms with Crippen molar-refractivity contribution in [2.45, 2.75) is 32.6 Å². The van der Waals surface area contributed by atoms with Gasteiger partial charge in [-0.15, -0.1) is 0 Å². The molecule has 0 atom stereocenters. The number of hydrogen-bond acceptors (Lipinski definition) is 4. The molecule has 0 heterocycles. The summed E-state index contributed by atoms with van der Waals surface area (Å²) in [5.41, 5.74) is 0. The Balaban J connectivity index is 2.45. The minimum Gasteiger partial charge on any atom is -0.466 e. The summed E-state index contributed by atoms with van der Waals surface area (Å²) in [6, 6.07) is 2.99. The van der Waals surface area contributed by atoms with Crippen molar-refractivity contribution in [2.75, 3.05) is 6.61 Å². The van der Waals surface area contributed by atoms with Crippen LogP contribution in [0.1, 0.15) is 32.6 Å². The molecule has 116 valence electrons. The summed E-state index contributed by atoms with van der Waals surface area (Å²) in [5, 5.41) is 0.520. The van der Waals surface area contributed by atoms with Gasteiger partial charge in [-0.1, -0.05) is 41.7 Å². The lowest BCUT2D eigenvalue weighted by Gasteiger charge is -2.09. The van der Waals surface area contributed by atoms with E-state index in [0.717, 1.165) is 6.42 Å². The Morgan fingerprint density at radius 1 is 1.05 bits per heavy atom. The van der Waals surface area contributed by atoms with Crippen LogP contribution in [0.4, 0.5) is 0 Å². The van der Waals surface area contributed by atoms with E-state index in [1.54, 1.807) is 0 Å². The summed E-state index contributed by atoms with van der Waals surface area (Å²) in [6.45, 7) is 2.29. The fourth-order valence-electron chi connectivity index (χ4n) is 1.43. The smallest absolute Gasteiger partial charge is 0.311 e. The number of halogens is 3. The van der Waals surface area contributed by atoms with Crippen LogP contribution in [-0.2, 0) is 14.3 Å². The summed E-state index contributed by atoms with van der Waals surface area (Å²) >= 11 is 17.6. The molecular weight excluding hydrogens is 339 g/mol. The quantitative estimate of drug-likeness (QED) is 0.406. The molecule has 0 unspecified atom stereocenters. The maximum Gasteiger partial charge on any atom is 0.311 e. The van der Waals surface area contributed by atoms with Gasteiger partial charge in [-0.25, -0.2) is 0 Å². The molecule has 0 aliphatic rings. The molecule has 0 spiro atoms. The molecule has 0 saturated carbocycles. The third-order valence-corrected chi connectivity index (χ3v) is 3.53. The van der Waals surface area contributed by atoms with E-state index in [1.807, 2.05) is 6.92 Å². The van der Waals surface area contributed by atoms with E-state index < -0.39 is 5.97 Å². The van der Waals surface area contributed by atoms with Gasteiger partial charge in [0, 0.05) is 12.8 Å². The van der Waals surface area contributed by atoms with Gasteiger partial charge < -0.3 is 9.47 Å². The first-order valence-electron chi connectivity index (χ1n) is 6.45. The molecule has 0 aromatic heterocycles. The van der Waals surface area contributed by atoms with Gasteiger partial charge in [-0.3, -0.25) is 9.59 Å². The van der Waals surface area contributed by atoms with E-state index in [2.05, 4.69) is 0 Å². The highest BCUT2D eigenvalue weighted by Gasteiger charge is 2.15. The summed E-state index contributed by atoms with van der Waals surface area (Å²) < 4.78 is 9.97. The van der Waals surface area contributed by atoms with Gasteiger partial charge in [0.2, 0.25) is 0 Å². The zero-order chi connectivity index (χ0) is 15.8. The fourth-order valence-corrected chi connectivity index (χ4v) is 2.03. The highest BCUT2D eigenvalue weighted by molar-refractivity contribution is 6.44. The van der Waals surface area contributed by atoms with Crippen molar-refractivity contribution < 1.29 is 19.1 Å². The number of hydrogen-bond donors (Lipinski definition) is 0. The number of carbonyl (C=O) groups is 2. The monoisotopic (exact) mass is 352 g/mol. The SMILES string of the molecule is CCCOC(=O)CCCC(=O)Oc1c(Cl)ccc(Cl)c1Cl. The first-order chi connectivity index (χ1) is 9.95. The molecule has 1 aromatic carbocycles. The van der Waals surface area contributed by atoms with Crippen molar-refractivity contribution in [1.29, 1.82) is 0 Å². The van der Waals surface area contributed by atoms with Gasteiger partial charge in [0.15, 0.2) is 5.75 Å². The van der Waals surface area contributed by atoms with Crippen molar-refractivity contribution in [1.82, 2.24) is 0 Å². The summed E-state index contributed by atoms with van der Waals surface area (Å²) in [6.07, 6.45) is 1.31. The van der Waals surface area contributed by atoms with Crippen LogP contribution >= 0.6 is 34.8 Å². The molecule has 0 fully saturated rings. The topological polar surface area (TPSA) is 52.6 Å². The molecule has 0 N–H and O–H groups in total. The molecule has 0 radical (unpaired) electrons. The largest absolute Gasteiger partial charge is 0.466 e. The molecule has 21 heavy (non-hydrogen) atoms. The third-order valence-electron chi connectivity index (χ3n) is 2.45. The van der Waals surface area contributed by atoms with Crippen molar-refractivity contribution in [3.63, 3.8) is 0 Å². The minimum atomic E-state index is -0.538. The number of carbonyl (C=O) groups excluding carboxylic acids is 2. The van der Waals surface area contributed by atoms with Crippen LogP contribution in [0.5, 0.6) is 5.75 Å². The lowest BCUT2D eigenvalue weighted by Crippen LogP contribution is -2.11. The number of esters is 2. The zero-order valence-electron chi connectivity index (χ0n) is 11.5. The summed E-state index contributed by atoms with van der Waals surface area (Å²) in [4.78, 5) is 22.9. The maximum atomic E-state index is 11.7. The zero-order valence-corrected chi connectivity index (χ0v) is 13.7. The van der Waals surface area contributed by atoms with E-state index in [9.17, 15) is 9.59 Å². The predicted molar refractivity (Wildman–Crippen MR) is 82.2 cm³/mol. The predicted octanol–water partition coefficient (Wildman–Crippen LogP) is 4.68. The molecule has 7 heteroatoms. The first-order valence-corrected chi connectivity index (χ1v) is 7.59. The summed E-state index contributed by atoms with van der Waals surface area (Å²) in [7, 11) is 0. The fraction of sp³-hybridized carbons (Fsp3) is 0.429. The van der Waals surface area contributed by atoms with Crippen LogP contribution in [0.3, 0.4) is 0 Å². The first kappa shape index (κ1) is 18.1. The van der Waals surface area contributed by atoms with Crippen molar-refractivity contribution in [3.8, 4) is 5.75 Å². The normalized spacial score (nSPS) is 10.3. The van der Waals surface area contributed by atoms with Crippen LogP contribution in [0.15, 0.2) is 12.1 Å². The number of rotatable bonds is 7. The summed E-state index contributed by atoms with van der Waals surface area (Å²) in [5.74, 6) is -0.836. The maximum absolute atomic E-state index is 11.7. The van der Waals surface area contributed by atoms with Gasteiger partial charge in [0.1, 0.15) is 5.02 Å². The van der Waals surface area contributed by atoms with Crippen LogP contribution in [0.25, 0.3) is 0 Å². The van der Waals surface area contributed by atoms with E-state index >= 15 is 0 Å². The van der Waals surface area contributed by atoms with Crippen molar-refractivity contribution >= 4 is 46.7 Å². The van der Waals surface area contributed by atoms with Gasteiger partial charge in [0.05, 0.1) is 16.7 Å². The van der Waals surface area contributed by atoms with Crippen molar-refractivity contribution in [3.05, 3.63) is 27.2 Å². The Morgan fingerprint density at radius 2 is 1.67 bits per heavy atom. The van der Waals surface area contributed by atoms with Crippen LogP contribution in [-0.4, -0.2) is 18.5 Å². The molecule has 1 aromatic rings. The second-order valence-corrected chi connectivity index (χ2v) is 5.41. The molecular formula is C14H15Cl3O4. The molecule has 1 rings (SSSR count). The van der Waals surface area contributed by atoms with E-state index in [-0.39, 0.29) is 39.6 Å². The average molecular weight is 354 g/mol. The number of ether oxygens (including phenoxy) is 2. The van der Waals surface area contributed by atoms with Gasteiger partial charge in [-0.05, 0) is 25.0 Å². The Bertz CT molecular complexity index is 517. The second kappa shape index (κ2) is 9.13. The lowest BCUT2D eigenvalue weighted by molar-refractivity contribution is -0.144. The van der Waals surface area contributed by atoms with E-state index in [0.29, 0.717) is 13.0 Å². The lowest BCUT2D eigenvalue weighted by atomic mass is 10.2. The van der Waals surface area contributed by atoms with Crippen LogP contribution in [0, 0.1) is 0 Å². The van der Waals surface area contributed by atoms with Gasteiger partial charge >= 0.3 is 11.9 Å². The highest BCUT2D eigenvalue weighted by Crippen LogP contribution is 2.38. The highest BCUT2D eigenvalue weighted by atomic mass is 35.5. The van der Waals surface area contributed by atoms with Crippen LogP contribution in [0.2, 0.25) is 15.1 Å². The molecule has 0 amide bonds.